The van der Waals surface area contributed by atoms with Gasteiger partial charge >= 0.3 is 0 Å². The number of nitrogens with two attached hydrogens (primary N) is 1. The van der Waals surface area contributed by atoms with Crippen LogP contribution in [0.2, 0.25) is 0 Å². The van der Waals surface area contributed by atoms with Crippen LogP contribution in [0.5, 0.6) is 0 Å². The van der Waals surface area contributed by atoms with Crippen molar-refractivity contribution >= 4 is 0 Å². The fraction of sp³-hybridized carbons (Fsp3) is 0.600. The number of aliphatic hydroxyl groups excluding tert-OH is 1. The second-order valence-corrected chi connectivity index (χ2v) is 5.78. The Hall–Kier alpha value is -0.900. The van der Waals surface area contributed by atoms with Crippen molar-refractivity contribution in [3.63, 3.8) is 0 Å². The lowest BCUT2D eigenvalue weighted by Gasteiger charge is -2.49. The third-order valence-electron chi connectivity index (χ3n) is 4.87. The normalized spacial score (nSPS) is 32.4. The van der Waals surface area contributed by atoms with Crippen LogP contribution in [0.1, 0.15) is 36.4 Å². The zero-order valence-electron chi connectivity index (χ0n) is 10.8. The van der Waals surface area contributed by atoms with Gasteiger partial charge in [-0.1, -0.05) is 24.3 Å². The van der Waals surface area contributed by atoms with E-state index in [1.165, 1.54) is 44.5 Å². The van der Waals surface area contributed by atoms with E-state index in [0.29, 0.717) is 5.41 Å². The molecule has 3 saturated heterocycles. The number of hydrogen-bond donors (Lipinski definition) is 2. The molecule has 98 valence electrons. The minimum atomic E-state index is -0.246. The van der Waals surface area contributed by atoms with Gasteiger partial charge < -0.3 is 15.7 Å². The number of aliphatic hydroxyl groups is 1. The van der Waals surface area contributed by atoms with Gasteiger partial charge in [-0.2, -0.15) is 0 Å². The average Bonchev–Trinajstić information content (AvgIpc) is 2.48. The number of benzene rings is 1. The summed E-state index contributed by atoms with van der Waals surface area (Å²) in [6.45, 7) is 3.76. The topological polar surface area (TPSA) is 49.5 Å². The summed E-state index contributed by atoms with van der Waals surface area (Å²) in [5.41, 5.74) is 8.75. The summed E-state index contributed by atoms with van der Waals surface area (Å²) < 4.78 is 0. The van der Waals surface area contributed by atoms with Gasteiger partial charge in [-0.25, -0.2) is 0 Å². The first-order valence-corrected chi connectivity index (χ1v) is 6.93. The number of hydrogen-bond acceptors (Lipinski definition) is 3. The number of rotatable bonds is 3. The summed E-state index contributed by atoms with van der Waals surface area (Å²) in [7, 11) is 0. The van der Waals surface area contributed by atoms with Gasteiger partial charge in [-0.15, -0.1) is 0 Å². The fourth-order valence-corrected chi connectivity index (χ4v) is 3.45. The first kappa shape index (κ1) is 12.2. The zero-order chi connectivity index (χ0) is 12.6. The van der Waals surface area contributed by atoms with Crippen molar-refractivity contribution < 1.29 is 5.11 Å². The van der Waals surface area contributed by atoms with Crippen LogP contribution in [0, 0.1) is 0 Å². The molecule has 3 heterocycles. The number of piperidine rings is 3. The second-order valence-electron chi connectivity index (χ2n) is 5.78. The molecule has 0 amide bonds. The lowest BCUT2D eigenvalue weighted by Crippen LogP contribution is -2.50. The molecule has 0 spiro atoms. The van der Waals surface area contributed by atoms with Gasteiger partial charge in [0.15, 0.2) is 0 Å². The monoisotopic (exact) mass is 246 g/mol. The van der Waals surface area contributed by atoms with E-state index in [1.807, 2.05) is 0 Å². The van der Waals surface area contributed by atoms with Gasteiger partial charge in [0, 0.05) is 0 Å². The quantitative estimate of drug-likeness (QED) is 0.848. The first-order chi connectivity index (χ1) is 8.73. The molecule has 1 atom stereocenters. The highest BCUT2D eigenvalue weighted by molar-refractivity contribution is 5.32. The first-order valence-electron chi connectivity index (χ1n) is 6.93. The molecule has 1 aromatic rings. The van der Waals surface area contributed by atoms with E-state index in [9.17, 15) is 0 Å². The van der Waals surface area contributed by atoms with Crippen molar-refractivity contribution in [1.29, 1.82) is 0 Å². The molecular weight excluding hydrogens is 224 g/mol. The van der Waals surface area contributed by atoms with Gasteiger partial charge in [-0.05, 0) is 55.4 Å². The Kier molecular flexibility index (Phi) is 3.14. The molecule has 3 aliphatic rings. The van der Waals surface area contributed by atoms with Crippen LogP contribution in [0.4, 0.5) is 0 Å². The lowest BCUT2D eigenvalue weighted by atomic mass is 9.67. The standard InChI is InChI=1S/C15H22N2O/c16-14(11-18)12-1-3-13(4-2-12)15-5-8-17(9-6-15)10-7-15/h1-4,14,18H,5-11,16H2. The van der Waals surface area contributed by atoms with Gasteiger partial charge in [0.25, 0.3) is 0 Å². The van der Waals surface area contributed by atoms with E-state index in [0.717, 1.165) is 5.56 Å². The van der Waals surface area contributed by atoms with E-state index < -0.39 is 0 Å². The van der Waals surface area contributed by atoms with Crippen LogP contribution in [-0.2, 0) is 5.41 Å². The van der Waals surface area contributed by atoms with Crippen molar-refractivity contribution in [1.82, 2.24) is 4.90 Å². The summed E-state index contributed by atoms with van der Waals surface area (Å²) in [6.07, 6.45) is 3.87. The Morgan fingerprint density at radius 3 is 2.17 bits per heavy atom. The maximum Gasteiger partial charge on any atom is 0.0624 e. The molecule has 4 rings (SSSR count). The average molecular weight is 246 g/mol. The molecule has 3 aliphatic heterocycles. The predicted molar refractivity (Wildman–Crippen MR) is 72.4 cm³/mol. The molecule has 0 radical (unpaired) electrons. The van der Waals surface area contributed by atoms with E-state index in [4.69, 9.17) is 10.8 Å². The molecule has 3 heteroatoms. The molecule has 18 heavy (non-hydrogen) atoms. The van der Waals surface area contributed by atoms with Crippen LogP contribution in [0.3, 0.4) is 0 Å². The van der Waals surface area contributed by atoms with E-state index in [-0.39, 0.29) is 12.6 Å². The number of fused-ring (bicyclic) bond motifs is 3. The molecule has 0 aliphatic carbocycles. The minimum absolute atomic E-state index is 0.0133. The van der Waals surface area contributed by atoms with Gasteiger partial charge in [0.05, 0.1) is 12.6 Å². The summed E-state index contributed by atoms with van der Waals surface area (Å²) in [6, 6.07) is 8.39. The Morgan fingerprint density at radius 2 is 1.67 bits per heavy atom. The van der Waals surface area contributed by atoms with E-state index in [2.05, 4.69) is 29.2 Å². The van der Waals surface area contributed by atoms with Crippen molar-refractivity contribution in [2.75, 3.05) is 26.2 Å². The molecule has 0 aromatic heterocycles. The van der Waals surface area contributed by atoms with Crippen molar-refractivity contribution in [2.24, 2.45) is 5.73 Å². The molecule has 3 fully saturated rings. The maximum atomic E-state index is 9.08. The smallest absolute Gasteiger partial charge is 0.0624 e. The number of nitrogens with zero attached hydrogens (tertiary/aromatic N) is 1. The van der Waals surface area contributed by atoms with Gasteiger partial charge in [0.2, 0.25) is 0 Å². The van der Waals surface area contributed by atoms with Gasteiger partial charge in [0.1, 0.15) is 0 Å². The Balaban J connectivity index is 1.84. The zero-order valence-corrected chi connectivity index (χ0v) is 10.8. The highest BCUT2D eigenvalue weighted by Gasteiger charge is 2.40. The summed E-state index contributed by atoms with van der Waals surface area (Å²) in [5, 5.41) is 9.08. The van der Waals surface area contributed by atoms with Crippen molar-refractivity contribution in [2.45, 2.75) is 30.7 Å². The Morgan fingerprint density at radius 1 is 1.11 bits per heavy atom. The van der Waals surface area contributed by atoms with Gasteiger partial charge in [-0.3, -0.25) is 0 Å². The molecule has 3 nitrogen and oxygen atoms in total. The second kappa shape index (κ2) is 4.65. The predicted octanol–water partition coefficient (Wildman–Crippen LogP) is 1.42. The fourth-order valence-electron chi connectivity index (χ4n) is 3.45. The highest BCUT2D eigenvalue weighted by atomic mass is 16.3. The Bertz CT molecular complexity index is 393. The van der Waals surface area contributed by atoms with E-state index in [1.54, 1.807) is 0 Å². The summed E-state index contributed by atoms with van der Waals surface area (Å²) >= 11 is 0. The van der Waals surface area contributed by atoms with Crippen molar-refractivity contribution in [3.05, 3.63) is 35.4 Å². The van der Waals surface area contributed by atoms with Crippen LogP contribution in [0.25, 0.3) is 0 Å². The van der Waals surface area contributed by atoms with E-state index >= 15 is 0 Å². The van der Waals surface area contributed by atoms with Crippen molar-refractivity contribution in [3.8, 4) is 0 Å². The molecule has 1 aromatic carbocycles. The third-order valence-corrected chi connectivity index (χ3v) is 4.87. The molecule has 2 bridgehead atoms. The molecule has 3 N–H and O–H groups in total. The minimum Gasteiger partial charge on any atom is -0.394 e. The SMILES string of the molecule is NC(CO)c1ccc(C23CCN(CC2)CC3)cc1. The largest absolute Gasteiger partial charge is 0.394 e. The summed E-state index contributed by atoms with van der Waals surface area (Å²) in [4.78, 5) is 2.57. The van der Waals surface area contributed by atoms with Crippen LogP contribution >= 0.6 is 0 Å². The van der Waals surface area contributed by atoms with Crippen LogP contribution in [-0.4, -0.2) is 36.2 Å². The highest BCUT2D eigenvalue weighted by Crippen LogP contribution is 2.42. The van der Waals surface area contributed by atoms with Crippen LogP contribution in [0.15, 0.2) is 24.3 Å². The third kappa shape index (κ3) is 1.96. The lowest BCUT2D eigenvalue weighted by molar-refractivity contribution is 0.0817. The molecular formula is C15H22N2O. The summed E-state index contributed by atoms with van der Waals surface area (Å²) in [5.74, 6) is 0. The Labute approximate surface area is 109 Å². The maximum absolute atomic E-state index is 9.08. The molecule has 0 saturated carbocycles. The van der Waals surface area contributed by atoms with Crippen LogP contribution < -0.4 is 5.73 Å². The molecule has 1 unspecified atom stereocenters.